The van der Waals surface area contributed by atoms with Crippen molar-refractivity contribution in [3.8, 4) is 0 Å². The molecular weight excluding hydrogens is 454 g/mol. The van der Waals surface area contributed by atoms with Crippen LogP contribution in [0, 0.1) is 5.92 Å². The number of amides is 3. The van der Waals surface area contributed by atoms with Crippen molar-refractivity contribution >= 4 is 17.9 Å². The highest BCUT2D eigenvalue weighted by atomic mass is 16.6. The lowest BCUT2D eigenvalue weighted by Crippen LogP contribution is -2.54. The van der Waals surface area contributed by atoms with Gasteiger partial charge in [-0.1, -0.05) is 65.3 Å². The molecule has 1 aromatic carbocycles. The minimum atomic E-state index is -0.801. The molecule has 7 heteroatoms. The van der Waals surface area contributed by atoms with Crippen LogP contribution in [0.2, 0.25) is 0 Å². The van der Waals surface area contributed by atoms with Gasteiger partial charge in [0.15, 0.2) is 0 Å². The molecule has 0 bridgehead atoms. The number of hydrogen-bond donors (Lipinski definition) is 2. The van der Waals surface area contributed by atoms with Crippen molar-refractivity contribution in [1.29, 1.82) is 0 Å². The Labute approximate surface area is 218 Å². The van der Waals surface area contributed by atoms with Gasteiger partial charge in [-0.15, -0.1) is 0 Å². The molecule has 2 N–H and O–H groups in total. The first kappa shape index (κ1) is 31.5. The van der Waals surface area contributed by atoms with Gasteiger partial charge in [0.05, 0.1) is 0 Å². The number of rotatable bonds is 13. The fraction of sp³-hybridized carbons (Fsp3) is 0.690. The predicted molar refractivity (Wildman–Crippen MR) is 146 cm³/mol. The van der Waals surface area contributed by atoms with Crippen LogP contribution in [0.5, 0.6) is 0 Å². The number of nitrogens with zero attached hydrogens (tertiary/aromatic N) is 1. The third-order valence-electron chi connectivity index (χ3n) is 5.82. The summed E-state index contributed by atoms with van der Waals surface area (Å²) in [6.45, 7) is 17.9. The van der Waals surface area contributed by atoms with Crippen molar-refractivity contribution in [2.45, 2.75) is 118 Å². The van der Waals surface area contributed by atoms with E-state index in [2.05, 4.69) is 24.5 Å². The Morgan fingerprint density at radius 1 is 0.944 bits per heavy atom. The summed E-state index contributed by atoms with van der Waals surface area (Å²) in [5, 5.41) is 5.89. The van der Waals surface area contributed by atoms with Gasteiger partial charge in [0.1, 0.15) is 17.7 Å². The highest BCUT2D eigenvalue weighted by molar-refractivity contribution is 5.92. The van der Waals surface area contributed by atoms with Crippen LogP contribution in [-0.4, -0.2) is 47.0 Å². The first-order valence-corrected chi connectivity index (χ1v) is 13.5. The van der Waals surface area contributed by atoms with E-state index in [-0.39, 0.29) is 23.8 Å². The maximum atomic E-state index is 14.0. The number of alkyl carbamates (subject to hydrolysis) is 1. The predicted octanol–water partition coefficient (Wildman–Crippen LogP) is 5.77. The molecule has 0 aliphatic heterocycles. The summed E-state index contributed by atoms with van der Waals surface area (Å²) in [6, 6.07) is 6.27. The lowest BCUT2D eigenvalue weighted by Gasteiger charge is -2.35. The van der Waals surface area contributed by atoms with Crippen molar-refractivity contribution in [3.63, 3.8) is 0 Å². The van der Waals surface area contributed by atoms with Gasteiger partial charge >= 0.3 is 6.09 Å². The average molecular weight is 504 g/mol. The Hall–Kier alpha value is -2.57. The van der Waals surface area contributed by atoms with E-state index in [0.717, 1.165) is 30.4 Å². The Balaban J connectivity index is 3.43. The molecule has 0 heterocycles. The van der Waals surface area contributed by atoms with Crippen LogP contribution in [0.25, 0.3) is 0 Å². The second kappa shape index (κ2) is 14.9. The van der Waals surface area contributed by atoms with Crippen molar-refractivity contribution in [3.05, 3.63) is 35.4 Å². The van der Waals surface area contributed by atoms with Gasteiger partial charge in [0.25, 0.3) is 0 Å². The summed E-state index contributed by atoms with van der Waals surface area (Å²) in [6.07, 6.45) is 3.17. The normalized spacial score (nSPS) is 14.1. The zero-order chi connectivity index (χ0) is 27.5. The molecule has 3 amide bonds. The molecule has 0 spiro atoms. The van der Waals surface area contributed by atoms with Crippen molar-refractivity contribution < 1.29 is 19.1 Å². The highest BCUT2D eigenvalue weighted by Crippen LogP contribution is 2.25. The lowest BCUT2D eigenvalue weighted by molar-refractivity contribution is -0.143. The maximum absolute atomic E-state index is 14.0. The van der Waals surface area contributed by atoms with Gasteiger partial charge in [0, 0.05) is 12.6 Å². The minimum absolute atomic E-state index is 0.00940. The molecule has 1 rings (SSSR count). The molecule has 36 heavy (non-hydrogen) atoms. The third-order valence-corrected chi connectivity index (χ3v) is 5.82. The summed E-state index contributed by atoms with van der Waals surface area (Å²) in [7, 11) is 0. The second-order valence-electron chi connectivity index (χ2n) is 11.1. The molecule has 0 radical (unpaired) electrons. The first-order chi connectivity index (χ1) is 16.8. The van der Waals surface area contributed by atoms with E-state index in [4.69, 9.17) is 4.74 Å². The monoisotopic (exact) mass is 503 g/mol. The van der Waals surface area contributed by atoms with Gasteiger partial charge < -0.3 is 20.3 Å². The number of carbonyl (C=O) groups is 3. The Kier molecular flexibility index (Phi) is 13.0. The lowest BCUT2D eigenvalue weighted by atomic mass is 9.97. The van der Waals surface area contributed by atoms with Crippen LogP contribution >= 0.6 is 0 Å². The zero-order valence-electron chi connectivity index (χ0n) is 23.9. The van der Waals surface area contributed by atoms with E-state index in [0.29, 0.717) is 19.4 Å². The molecule has 0 aliphatic rings. The standard InChI is InChI=1S/C29H49N3O4/c1-10-13-21(6)30-26(33)25(23-16-14-22(12-3)15-17-23)32(18-11-2)27(34)24(19-20(4)5)31-28(35)36-29(7,8)9/h14-17,20-21,24-25H,10-13,18-19H2,1-9H3,(H,30,33)(H,31,35). The van der Waals surface area contributed by atoms with Crippen LogP contribution < -0.4 is 10.6 Å². The molecule has 0 aliphatic carbocycles. The SMILES string of the molecule is CCCC(C)NC(=O)C(c1ccc(CC)cc1)N(CCC)C(=O)C(CC(C)C)NC(=O)OC(C)(C)C. The summed E-state index contributed by atoms with van der Waals surface area (Å²) >= 11 is 0. The first-order valence-electron chi connectivity index (χ1n) is 13.5. The fourth-order valence-electron chi connectivity index (χ4n) is 4.19. The number of aryl methyl sites for hydroxylation is 1. The van der Waals surface area contributed by atoms with E-state index in [1.807, 2.05) is 52.0 Å². The van der Waals surface area contributed by atoms with Gasteiger partial charge in [-0.2, -0.15) is 0 Å². The minimum Gasteiger partial charge on any atom is -0.444 e. The molecular formula is C29H49N3O4. The van der Waals surface area contributed by atoms with Crippen LogP contribution in [0.3, 0.4) is 0 Å². The molecule has 0 saturated carbocycles. The molecule has 204 valence electrons. The number of nitrogens with one attached hydrogen (secondary N) is 2. The van der Waals surface area contributed by atoms with Gasteiger partial charge in [-0.3, -0.25) is 9.59 Å². The summed E-state index contributed by atoms with van der Waals surface area (Å²) in [4.78, 5) is 41.9. The number of ether oxygens (including phenoxy) is 1. The molecule has 0 fully saturated rings. The van der Waals surface area contributed by atoms with E-state index >= 15 is 0 Å². The van der Waals surface area contributed by atoms with E-state index in [1.165, 1.54) is 0 Å². The number of hydrogen-bond acceptors (Lipinski definition) is 4. The molecule has 1 aromatic rings. The Morgan fingerprint density at radius 2 is 1.56 bits per heavy atom. The van der Waals surface area contributed by atoms with E-state index < -0.39 is 23.8 Å². The summed E-state index contributed by atoms with van der Waals surface area (Å²) in [5.41, 5.74) is 1.24. The maximum Gasteiger partial charge on any atom is 0.408 e. The average Bonchev–Trinajstić information content (AvgIpc) is 2.76. The largest absolute Gasteiger partial charge is 0.444 e. The smallest absolute Gasteiger partial charge is 0.408 e. The summed E-state index contributed by atoms with van der Waals surface area (Å²) in [5.74, 6) is -0.333. The van der Waals surface area contributed by atoms with Gasteiger partial charge in [0.2, 0.25) is 11.8 Å². The van der Waals surface area contributed by atoms with Gasteiger partial charge in [-0.25, -0.2) is 4.79 Å². The number of benzene rings is 1. The topological polar surface area (TPSA) is 87.7 Å². The Morgan fingerprint density at radius 3 is 2.03 bits per heavy atom. The Bertz CT molecular complexity index is 830. The quantitative estimate of drug-likeness (QED) is 0.358. The molecule has 3 atom stereocenters. The van der Waals surface area contributed by atoms with Gasteiger partial charge in [-0.05, 0) is 70.4 Å². The summed E-state index contributed by atoms with van der Waals surface area (Å²) < 4.78 is 5.44. The van der Waals surface area contributed by atoms with E-state index in [9.17, 15) is 14.4 Å². The van der Waals surface area contributed by atoms with Crippen LogP contribution in [0.4, 0.5) is 4.79 Å². The zero-order valence-corrected chi connectivity index (χ0v) is 23.9. The number of carbonyl (C=O) groups excluding carboxylic acids is 3. The highest BCUT2D eigenvalue weighted by Gasteiger charge is 2.36. The molecule has 3 unspecified atom stereocenters. The van der Waals surface area contributed by atoms with Crippen molar-refractivity contribution in [1.82, 2.24) is 15.5 Å². The van der Waals surface area contributed by atoms with Crippen LogP contribution in [0.1, 0.15) is 105 Å². The van der Waals surface area contributed by atoms with E-state index in [1.54, 1.807) is 25.7 Å². The molecule has 0 saturated heterocycles. The van der Waals surface area contributed by atoms with Crippen LogP contribution in [-0.2, 0) is 20.7 Å². The van der Waals surface area contributed by atoms with Crippen LogP contribution in [0.15, 0.2) is 24.3 Å². The van der Waals surface area contributed by atoms with Crippen molar-refractivity contribution in [2.24, 2.45) is 5.92 Å². The molecule has 0 aromatic heterocycles. The van der Waals surface area contributed by atoms with Crippen molar-refractivity contribution in [2.75, 3.05) is 6.54 Å². The second-order valence-corrected chi connectivity index (χ2v) is 11.1. The fourth-order valence-corrected chi connectivity index (χ4v) is 4.19. The third kappa shape index (κ3) is 10.6. The molecule has 7 nitrogen and oxygen atoms in total.